The Balaban J connectivity index is 1.88. The molecule has 1 N–H and O–H groups in total. The van der Waals surface area contributed by atoms with Crippen molar-refractivity contribution in [2.75, 3.05) is 59.4 Å². The Morgan fingerprint density at radius 1 is 0.893 bits per heavy atom. The van der Waals surface area contributed by atoms with Gasteiger partial charge in [0.2, 0.25) is 0 Å². The van der Waals surface area contributed by atoms with Gasteiger partial charge in [-0.05, 0) is 5.41 Å². The molecule has 28 heavy (non-hydrogen) atoms. The third-order valence-electron chi connectivity index (χ3n) is 4.10. The Morgan fingerprint density at radius 3 is 1.75 bits per heavy atom. The van der Waals surface area contributed by atoms with Crippen LogP contribution in [-0.4, -0.2) is 87.2 Å². The van der Waals surface area contributed by atoms with Crippen molar-refractivity contribution in [2.24, 2.45) is 11.3 Å². The van der Waals surface area contributed by atoms with Gasteiger partial charge in [-0.2, -0.15) is 0 Å². The third kappa shape index (κ3) is 9.41. The summed E-state index contributed by atoms with van der Waals surface area (Å²) in [5, 5.41) is 9.19. The van der Waals surface area contributed by atoms with E-state index >= 15 is 0 Å². The van der Waals surface area contributed by atoms with Crippen LogP contribution in [0.4, 0.5) is 0 Å². The van der Waals surface area contributed by atoms with E-state index in [1.54, 1.807) is 0 Å². The molecule has 9 heteroatoms. The topological polar surface area (TPSA) is 112 Å². The predicted octanol–water partition coefficient (Wildman–Crippen LogP) is 0.725. The molecule has 0 radical (unpaired) electrons. The number of carboxylic acid groups (broad SMARTS) is 1. The lowest BCUT2D eigenvalue weighted by atomic mass is 9.81. The fourth-order valence-corrected chi connectivity index (χ4v) is 2.36. The molecule has 9 nitrogen and oxygen atoms in total. The molecule has 1 heterocycles. The molecule has 0 bridgehead atoms. The highest BCUT2D eigenvalue weighted by molar-refractivity contribution is 6.12. The summed E-state index contributed by atoms with van der Waals surface area (Å²) in [4.78, 5) is 34.9. The number of rotatable bonds is 15. The Morgan fingerprint density at radius 2 is 1.32 bits per heavy atom. The summed E-state index contributed by atoms with van der Waals surface area (Å²) in [7, 11) is 0. The van der Waals surface area contributed by atoms with Gasteiger partial charge in [0.25, 0.3) is 11.8 Å². The quantitative estimate of drug-likeness (QED) is 0.316. The zero-order valence-electron chi connectivity index (χ0n) is 16.8. The highest BCUT2D eigenvalue weighted by Gasteiger charge is 2.31. The fraction of sp³-hybridized carbons (Fsp3) is 0.737. The minimum atomic E-state index is -0.862. The van der Waals surface area contributed by atoms with E-state index in [1.807, 2.05) is 20.8 Å². The highest BCUT2D eigenvalue weighted by Crippen LogP contribution is 2.26. The predicted molar refractivity (Wildman–Crippen MR) is 99.7 cm³/mol. The second kappa shape index (κ2) is 12.6. The first kappa shape index (κ1) is 24.2. The van der Waals surface area contributed by atoms with Crippen molar-refractivity contribution in [1.82, 2.24) is 4.90 Å². The smallest absolute Gasteiger partial charge is 0.309 e. The molecule has 0 saturated heterocycles. The molecule has 1 aliphatic heterocycles. The molecule has 160 valence electrons. The number of carbonyl (C=O) groups is 3. The zero-order valence-corrected chi connectivity index (χ0v) is 16.8. The molecule has 0 aromatic heterocycles. The van der Waals surface area contributed by atoms with Gasteiger partial charge in [-0.15, -0.1) is 0 Å². The van der Waals surface area contributed by atoms with Crippen molar-refractivity contribution < 1.29 is 38.4 Å². The van der Waals surface area contributed by atoms with Crippen LogP contribution >= 0.6 is 0 Å². The Bertz CT molecular complexity index is 523. The van der Waals surface area contributed by atoms with Crippen LogP contribution in [0, 0.1) is 11.3 Å². The monoisotopic (exact) mass is 401 g/mol. The average molecular weight is 401 g/mol. The highest BCUT2D eigenvalue weighted by atomic mass is 16.6. The van der Waals surface area contributed by atoms with E-state index in [0.29, 0.717) is 39.6 Å². The van der Waals surface area contributed by atoms with Gasteiger partial charge in [0, 0.05) is 12.2 Å². The van der Waals surface area contributed by atoms with Crippen LogP contribution in [0.3, 0.4) is 0 Å². The lowest BCUT2D eigenvalue weighted by Crippen LogP contribution is -2.33. The Hall–Kier alpha value is -1.81. The van der Waals surface area contributed by atoms with Gasteiger partial charge in [0.05, 0.1) is 65.3 Å². The standard InChI is InChI=1S/C19H31NO8/c1-19(2,3)15(18(23)24)14-28-13-12-27-11-10-26-9-8-25-7-6-20-16(21)4-5-17(20)22/h4-5,15H,6-14H2,1-3H3,(H,23,24). The number of carboxylic acids is 1. The van der Waals surface area contributed by atoms with Crippen LogP contribution in [0.1, 0.15) is 20.8 Å². The van der Waals surface area contributed by atoms with Crippen LogP contribution in [0.15, 0.2) is 12.2 Å². The molecule has 1 atom stereocenters. The van der Waals surface area contributed by atoms with Crippen molar-refractivity contribution in [3.63, 3.8) is 0 Å². The van der Waals surface area contributed by atoms with E-state index in [9.17, 15) is 19.5 Å². The molecule has 1 rings (SSSR count). The van der Waals surface area contributed by atoms with Crippen LogP contribution < -0.4 is 0 Å². The minimum Gasteiger partial charge on any atom is -0.481 e. The summed E-state index contributed by atoms with van der Waals surface area (Å²) in [6.07, 6.45) is 2.48. The van der Waals surface area contributed by atoms with Crippen molar-refractivity contribution >= 4 is 17.8 Å². The minimum absolute atomic E-state index is 0.153. The molecule has 0 aromatic carbocycles. The van der Waals surface area contributed by atoms with E-state index in [1.165, 1.54) is 12.2 Å². The van der Waals surface area contributed by atoms with Crippen molar-refractivity contribution in [3.05, 3.63) is 12.2 Å². The number of hydrogen-bond donors (Lipinski definition) is 1. The molecular formula is C19H31NO8. The number of aliphatic carboxylic acids is 1. The summed E-state index contributed by atoms with van der Waals surface area (Å²) in [5.74, 6) is -2.06. The third-order valence-corrected chi connectivity index (χ3v) is 4.10. The van der Waals surface area contributed by atoms with Gasteiger partial charge in [0.15, 0.2) is 0 Å². The lowest BCUT2D eigenvalue weighted by Gasteiger charge is -2.26. The van der Waals surface area contributed by atoms with Crippen LogP contribution in [-0.2, 0) is 33.3 Å². The van der Waals surface area contributed by atoms with Gasteiger partial charge >= 0.3 is 5.97 Å². The van der Waals surface area contributed by atoms with Gasteiger partial charge in [-0.3, -0.25) is 19.3 Å². The zero-order chi connectivity index (χ0) is 21.0. The molecule has 0 spiro atoms. The Kier molecular flexibility index (Phi) is 10.9. The first-order valence-electron chi connectivity index (χ1n) is 9.31. The van der Waals surface area contributed by atoms with Gasteiger partial charge in [0.1, 0.15) is 0 Å². The molecule has 0 saturated carbocycles. The fourth-order valence-electron chi connectivity index (χ4n) is 2.36. The molecule has 0 aliphatic carbocycles. The molecule has 1 aliphatic rings. The van der Waals surface area contributed by atoms with E-state index in [-0.39, 0.29) is 37.0 Å². The SMILES string of the molecule is CC(C)(C)C(COCCOCCOCCOCCN1C(=O)C=CC1=O)C(=O)O. The van der Waals surface area contributed by atoms with E-state index < -0.39 is 11.9 Å². The van der Waals surface area contributed by atoms with Gasteiger partial charge in [-0.25, -0.2) is 0 Å². The maximum Gasteiger partial charge on any atom is 0.309 e. The number of ether oxygens (including phenoxy) is 4. The number of hydrogen-bond acceptors (Lipinski definition) is 7. The second-order valence-electron chi connectivity index (χ2n) is 7.33. The summed E-state index contributed by atoms with van der Waals surface area (Å²) >= 11 is 0. The van der Waals surface area contributed by atoms with Crippen molar-refractivity contribution in [1.29, 1.82) is 0 Å². The van der Waals surface area contributed by atoms with E-state index in [4.69, 9.17) is 18.9 Å². The molecule has 0 aromatic rings. The molecule has 2 amide bonds. The normalized spacial score (nSPS) is 15.5. The maximum absolute atomic E-state index is 11.3. The van der Waals surface area contributed by atoms with Crippen LogP contribution in [0.5, 0.6) is 0 Å². The average Bonchev–Trinajstić information content (AvgIpc) is 2.92. The van der Waals surface area contributed by atoms with Crippen molar-refractivity contribution in [3.8, 4) is 0 Å². The van der Waals surface area contributed by atoms with Crippen LogP contribution in [0.2, 0.25) is 0 Å². The van der Waals surface area contributed by atoms with Gasteiger partial charge < -0.3 is 24.1 Å². The number of carbonyl (C=O) groups excluding carboxylic acids is 2. The molecule has 0 fully saturated rings. The van der Waals surface area contributed by atoms with Crippen molar-refractivity contribution in [2.45, 2.75) is 20.8 Å². The van der Waals surface area contributed by atoms with Gasteiger partial charge in [-0.1, -0.05) is 20.8 Å². The maximum atomic E-state index is 11.3. The summed E-state index contributed by atoms with van der Waals surface area (Å²) in [5.41, 5.74) is -0.362. The summed E-state index contributed by atoms with van der Waals surface area (Å²) in [6.45, 7) is 8.48. The number of imide groups is 1. The summed E-state index contributed by atoms with van der Waals surface area (Å²) in [6, 6.07) is 0. The van der Waals surface area contributed by atoms with E-state index in [2.05, 4.69) is 0 Å². The first-order valence-corrected chi connectivity index (χ1v) is 9.31. The Labute approximate surface area is 165 Å². The number of amides is 2. The largest absolute Gasteiger partial charge is 0.481 e. The number of nitrogens with zero attached hydrogens (tertiary/aromatic N) is 1. The second-order valence-corrected chi connectivity index (χ2v) is 7.33. The molecule has 1 unspecified atom stereocenters. The van der Waals surface area contributed by atoms with Crippen LogP contribution in [0.25, 0.3) is 0 Å². The molecular weight excluding hydrogens is 370 g/mol. The summed E-state index contributed by atoms with van der Waals surface area (Å²) < 4.78 is 21.4. The lowest BCUT2D eigenvalue weighted by molar-refractivity contribution is -0.149. The first-order chi connectivity index (χ1) is 13.2. The van der Waals surface area contributed by atoms with E-state index in [0.717, 1.165) is 4.90 Å².